The van der Waals surface area contributed by atoms with Crippen molar-refractivity contribution < 1.29 is 18.4 Å². The van der Waals surface area contributed by atoms with E-state index in [1.165, 1.54) is 48.5 Å². The van der Waals surface area contributed by atoms with Crippen LogP contribution >= 0.6 is 0 Å². The maximum atomic E-state index is 14.0. The monoisotopic (exact) mass is 482 g/mol. The number of halogens is 2. The van der Waals surface area contributed by atoms with Gasteiger partial charge < -0.3 is 9.80 Å². The molecule has 0 N–H and O–H groups in total. The van der Waals surface area contributed by atoms with Crippen LogP contribution in [0.2, 0.25) is 0 Å². The van der Waals surface area contributed by atoms with Gasteiger partial charge in [0.1, 0.15) is 23.0 Å². The minimum atomic E-state index is -0.475. The molecule has 180 valence electrons. The van der Waals surface area contributed by atoms with Gasteiger partial charge in [-0.3, -0.25) is 9.59 Å². The zero-order chi connectivity index (χ0) is 25.7. The zero-order valence-electron chi connectivity index (χ0n) is 19.9. The maximum Gasteiger partial charge on any atom is 0.211 e. The maximum absolute atomic E-state index is 14.0. The normalized spacial score (nSPS) is 11.4. The second kappa shape index (κ2) is 10.8. The molecule has 4 rings (SSSR count). The Labute approximate surface area is 208 Å². The van der Waals surface area contributed by atoms with Crippen molar-refractivity contribution in [2.24, 2.45) is 0 Å². The van der Waals surface area contributed by atoms with E-state index < -0.39 is 23.2 Å². The molecule has 0 atom stereocenters. The molecular formula is C30H24F2N2O2. The summed E-state index contributed by atoms with van der Waals surface area (Å²) in [7, 11) is 3.39. The fraction of sp³-hybridized carbons (Fsp3) is 0.0667. The molecule has 0 aliphatic rings. The van der Waals surface area contributed by atoms with Crippen LogP contribution in [0.1, 0.15) is 20.7 Å². The summed E-state index contributed by atoms with van der Waals surface area (Å²) >= 11 is 0. The Bertz CT molecular complexity index is 1280. The lowest BCUT2D eigenvalue weighted by Crippen LogP contribution is -2.34. The fourth-order valence-electron chi connectivity index (χ4n) is 3.87. The second-order valence-electron chi connectivity index (χ2n) is 8.16. The molecular weight excluding hydrogens is 458 g/mol. The molecule has 36 heavy (non-hydrogen) atoms. The van der Waals surface area contributed by atoms with Crippen molar-refractivity contribution in [2.45, 2.75) is 0 Å². The number of nitrogens with zero attached hydrogens (tertiary/aromatic N) is 2. The van der Waals surface area contributed by atoms with Gasteiger partial charge in [0.05, 0.1) is 0 Å². The summed E-state index contributed by atoms with van der Waals surface area (Å²) in [4.78, 5) is 31.2. The van der Waals surface area contributed by atoms with Crippen LogP contribution in [0.3, 0.4) is 0 Å². The van der Waals surface area contributed by atoms with Gasteiger partial charge in [-0.05, 0) is 72.8 Å². The van der Waals surface area contributed by atoms with Crippen LogP contribution in [0.4, 0.5) is 20.2 Å². The molecule has 0 heterocycles. The van der Waals surface area contributed by atoms with Gasteiger partial charge >= 0.3 is 0 Å². The third kappa shape index (κ3) is 5.23. The molecule has 0 fully saturated rings. The highest BCUT2D eigenvalue weighted by atomic mass is 19.1. The Morgan fingerprint density at radius 3 is 1.11 bits per heavy atom. The summed E-state index contributed by atoms with van der Waals surface area (Å²) in [6.45, 7) is 0. The van der Waals surface area contributed by atoms with Crippen molar-refractivity contribution in [1.29, 1.82) is 0 Å². The molecule has 0 amide bonds. The number of hydrogen-bond acceptors (Lipinski definition) is 4. The van der Waals surface area contributed by atoms with Crippen LogP contribution in [0, 0.1) is 11.6 Å². The molecule has 6 heteroatoms. The summed E-state index contributed by atoms with van der Waals surface area (Å²) in [6.07, 6.45) is 0. The second-order valence-corrected chi connectivity index (χ2v) is 8.16. The summed E-state index contributed by atoms with van der Waals surface area (Å²) in [6, 6.07) is 28.7. The number of benzene rings is 4. The Morgan fingerprint density at radius 2 is 0.806 bits per heavy atom. The number of carbonyl (C=O) groups excluding carboxylic acids is 2. The molecule has 0 spiro atoms. The van der Waals surface area contributed by atoms with E-state index in [0.29, 0.717) is 11.4 Å². The highest BCUT2D eigenvalue weighted by Gasteiger charge is 2.30. The zero-order valence-corrected chi connectivity index (χ0v) is 19.9. The standard InChI is InChI=1S/C30H24F2N2O2/c1-33(25-9-5-3-6-10-25)27(29(35)21-13-17-23(31)18-14-21)28(34(2)26-11-7-4-8-12-26)30(36)22-15-19-24(32)20-16-22/h3-20H,1-2H3/b28-27-. The molecule has 0 aliphatic heterocycles. The number of allylic oxidation sites excluding steroid dienone is 2. The molecule has 0 saturated heterocycles. The molecule has 0 aromatic heterocycles. The number of rotatable bonds is 8. The first-order chi connectivity index (χ1) is 17.4. The van der Waals surface area contributed by atoms with Crippen LogP contribution in [0.5, 0.6) is 0 Å². The summed E-state index contributed by atoms with van der Waals surface area (Å²) in [5.41, 5.74) is 1.98. The van der Waals surface area contributed by atoms with Crippen molar-refractivity contribution >= 4 is 22.9 Å². The molecule has 0 unspecified atom stereocenters. The lowest BCUT2D eigenvalue weighted by atomic mass is 9.99. The number of hydrogen-bond donors (Lipinski definition) is 0. The smallest absolute Gasteiger partial charge is 0.211 e. The molecule has 0 aliphatic carbocycles. The molecule has 0 bridgehead atoms. The first-order valence-electron chi connectivity index (χ1n) is 11.3. The Morgan fingerprint density at radius 1 is 0.500 bits per heavy atom. The lowest BCUT2D eigenvalue weighted by Gasteiger charge is -2.30. The van der Waals surface area contributed by atoms with E-state index in [1.807, 2.05) is 60.7 Å². The van der Waals surface area contributed by atoms with Crippen molar-refractivity contribution in [1.82, 2.24) is 0 Å². The van der Waals surface area contributed by atoms with Crippen LogP contribution in [0.25, 0.3) is 0 Å². The third-order valence-electron chi connectivity index (χ3n) is 5.83. The number of anilines is 2. The average Bonchev–Trinajstić information content (AvgIpc) is 2.92. The van der Waals surface area contributed by atoms with Crippen molar-refractivity contribution in [3.05, 3.63) is 143 Å². The number of likely N-dealkylation sites (N-methyl/N-ethyl adjacent to an activating group) is 2. The van der Waals surface area contributed by atoms with Crippen LogP contribution < -0.4 is 9.80 Å². The van der Waals surface area contributed by atoms with Crippen LogP contribution in [-0.4, -0.2) is 25.7 Å². The quantitative estimate of drug-likeness (QED) is 0.212. The predicted octanol–water partition coefficient (Wildman–Crippen LogP) is 6.51. The first kappa shape index (κ1) is 24.5. The predicted molar refractivity (Wildman–Crippen MR) is 138 cm³/mol. The average molecular weight is 483 g/mol. The van der Waals surface area contributed by atoms with Gasteiger partial charge in [-0.2, -0.15) is 0 Å². The van der Waals surface area contributed by atoms with E-state index in [9.17, 15) is 18.4 Å². The topological polar surface area (TPSA) is 40.6 Å². The van der Waals surface area contributed by atoms with Gasteiger partial charge in [0.25, 0.3) is 0 Å². The van der Waals surface area contributed by atoms with Crippen LogP contribution in [-0.2, 0) is 0 Å². The number of carbonyl (C=O) groups is 2. The van der Waals surface area contributed by atoms with E-state index in [1.54, 1.807) is 23.9 Å². The highest BCUT2D eigenvalue weighted by molar-refractivity contribution is 6.20. The third-order valence-corrected chi connectivity index (χ3v) is 5.83. The summed E-state index contributed by atoms with van der Waals surface area (Å²) < 4.78 is 27.3. The number of ketones is 2. The Kier molecular flexibility index (Phi) is 7.35. The molecule has 4 aromatic carbocycles. The Balaban J connectivity index is 1.99. The van der Waals surface area contributed by atoms with E-state index in [-0.39, 0.29) is 22.5 Å². The summed E-state index contributed by atoms with van der Waals surface area (Å²) in [5.74, 6) is -1.88. The highest BCUT2D eigenvalue weighted by Crippen LogP contribution is 2.29. The van der Waals surface area contributed by atoms with Crippen molar-refractivity contribution in [3.8, 4) is 0 Å². The van der Waals surface area contributed by atoms with Crippen molar-refractivity contribution in [3.63, 3.8) is 0 Å². The molecule has 0 radical (unpaired) electrons. The fourth-order valence-corrected chi connectivity index (χ4v) is 3.87. The van der Waals surface area contributed by atoms with Gasteiger partial charge in [0, 0.05) is 36.6 Å². The van der Waals surface area contributed by atoms with E-state index in [4.69, 9.17) is 0 Å². The van der Waals surface area contributed by atoms with Gasteiger partial charge in [0.2, 0.25) is 11.6 Å². The first-order valence-corrected chi connectivity index (χ1v) is 11.3. The minimum absolute atomic E-state index is 0.0912. The molecule has 4 aromatic rings. The van der Waals surface area contributed by atoms with Gasteiger partial charge in [-0.25, -0.2) is 8.78 Å². The largest absolute Gasteiger partial charge is 0.340 e. The molecule has 0 saturated carbocycles. The van der Waals surface area contributed by atoms with Crippen molar-refractivity contribution in [2.75, 3.05) is 23.9 Å². The van der Waals surface area contributed by atoms with E-state index >= 15 is 0 Å². The van der Waals surface area contributed by atoms with Gasteiger partial charge in [-0.15, -0.1) is 0 Å². The van der Waals surface area contributed by atoms with Gasteiger partial charge in [0.15, 0.2) is 0 Å². The minimum Gasteiger partial charge on any atom is -0.340 e. The van der Waals surface area contributed by atoms with Crippen LogP contribution in [0.15, 0.2) is 121 Å². The van der Waals surface area contributed by atoms with Gasteiger partial charge in [-0.1, -0.05) is 36.4 Å². The summed E-state index contributed by atoms with van der Waals surface area (Å²) in [5, 5.41) is 0. The number of Topliss-reactive ketones (excluding diaryl/α,β-unsaturated/α-hetero) is 2. The SMILES string of the molecule is CN(/C(C(=O)c1ccc(F)cc1)=C(/C(=O)c1ccc(F)cc1)N(C)c1ccccc1)c1ccccc1. The van der Waals surface area contributed by atoms with E-state index in [0.717, 1.165) is 0 Å². The number of para-hydroxylation sites is 2. The Hall–Kier alpha value is -4.58. The lowest BCUT2D eigenvalue weighted by molar-refractivity contribution is 0.0995. The molecule has 4 nitrogen and oxygen atoms in total. The van der Waals surface area contributed by atoms with E-state index in [2.05, 4.69) is 0 Å².